The molecule has 24 heavy (non-hydrogen) atoms. The molecule has 1 atom stereocenters. The molecular weight excluding hydrogens is 306 g/mol. The number of hydrogen-bond donors (Lipinski definition) is 2. The number of rotatable bonds is 4. The molecule has 1 saturated heterocycles. The number of carbonyl (C=O) groups excluding carboxylic acids is 1. The van der Waals surface area contributed by atoms with Gasteiger partial charge in [-0.2, -0.15) is 0 Å². The molecule has 0 spiro atoms. The van der Waals surface area contributed by atoms with E-state index >= 15 is 0 Å². The van der Waals surface area contributed by atoms with E-state index in [0.29, 0.717) is 25.8 Å². The Labute approximate surface area is 140 Å². The minimum Gasteiger partial charge on any atom is -0.507 e. The Morgan fingerprint density at radius 2 is 1.83 bits per heavy atom. The predicted molar refractivity (Wildman–Crippen MR) is 89.0 cm³/mol. The van der Waals surface area contributed by atoms with Gasteiger partial charge in [0.05, 0.1) is 5.56 Å². The zero-order chi connectivity index (χ0) is 17.1. The van der Waals surface area contributed by atoms with Gasteiger partial charge in [-0.3, -0.25) is 4.79 Å². The fraction of sp³-hybridized carbons (Fsp3) is 0.263. The van der Waals surface area contributed by atoms with E-state index < -0.39 is 17.9 Å². The van der Waals surface area contributed by atoms with Gasteiger partial charge >= 0.3 is 5.97 Å². The van der Waals surface area contributed by atoms with Crippen LogP contribution in [0.25, 0.3) is 0 Å². The number of aliphatic carboxylic acids is 1. The fourth-order valence-corrected chi connectivity index (χ4v) is 3.12. The molecule has 0 bridgehead atoms. The zero-order valence-electron chi connectivity index (χ0n) is 13.2. The number of aromatic hydroxyl groups is 1. The summed E-state index contributed by atoms with van der Waals surface area (Å²) < 4.78 is 0. The van der Waals surface area contributed by atoms with Crippen molar-refractivity contribution in [3.8, 4) is 5.75 Å². The third-order valence-electron chi connectivity index (χ3n) is 4.34. The Morgan fingerprint density at radius 1 is 1.08 bits per heavy atom. The lowest BCUT2D eigenvalue weighted by atomic mass is 10.0. The van der Waals surface area contributed by atoms with Crippen molar-refractivity contribution in [2.24, 2.45) is 0 Å². The van der Waals surface area contributed by atoms with E-state index in [1.54, 1.807) is 12.1 Å². The Kier molecular flexibility index (Phi) is 4.51. The van der Waals surface area contributed by atoms with Crippen LogP contribution in [0.2, 0.25) is 0 Å². The first-order valence-corrected chi connectivity index (χ1v) is 7.96. The summed E-state index contributed by atoms with van der Waals surface area (Å²) >= 11 is 0. The van der Waals surface area contributed by atoms with Gasteiger partial charge in [-0.1, -0.05) is 36.4 Å². The fourth-order valence-electron chi connectivity index (χ4n) is 3.12. The minimum absolute atomic E-state index is 0.118. The van der Waals surface area contributed by atoms with Gasteiger partial charge in [-0.15, -0.1) is 0 Å². The van der Waals surface area contributed by atoms with Crippen LogP contribution in [0.5, 0.6) is 5.75 Å². The first-order chi connectivity index (χ1) is 11.6. The first-order valence-electron chi connectivity index (χ1n) is 7.96. The third kappa shape index (κ3) is 3.25. The van der Waals surface area contributed by atoms with E-state index in [9.17, 15) is 19.8 Å². The maximum Gasteiger partial charge on any atom is 0.326 e. The number of carbonyl (C=O) groups is 2. The van der Waals surface area contributed by atoms with Crippen LogP contribution in [0.4, 0.5) is 0 Å². The Morgan fingerprint density at radius 3 is 2.54 bits per heavy atom. The molecule has 1 aliphatic heterocycles. The highest BCUT2D eigenvalue weighted by Crippen LogP contribution is 2.26. The minimum atomic E-state index is -0.999. The first kappa shape index (κ1) is 16.1. The summed E-state index contributed by atoms with van der Waals surface area (Å²) in [5, 5.41) is 19.3. The summed E-state index contributed by atoms with van der Waals surface area (Å²) in [6.45, 7) is 0.401. The van der Waals surface area contributed by atoms with Crippen LogP contribution in [-0.2, 0) is 11.2 Å². The predicted octanol–water partition coefficient (Wildman–Crippen LogP) is 2.67. The zero-order valence-corrected chi connectivity index (χ0v) is 13.2. The highest BCUT2D eigenvalue weighted by molar-refractivity contribution is 5.99. The second-order valence-corrected chi connectivity index (χ2v) is 6.01. The van der Waals surface area contributed by atoms with Crippen LogP contribution in [-0.4, -0.2) is 39.6 Å². The number of phenols is 1. The van der Waals surface area contributed by atoms with Crippen LogP contribution in [0.1, 0.15) is 34.3 Å². The molecule has 2 aromatic rings. The molecule has 0 radical (unpaired) electrons. The highest BCUT2D eigenvalue weighted by atomic mass is 16.4. The van der Waals surface area contributed by atoms with E-state index in [1.807, 2.05) is 30.3 Å². The molecule has 1 fully saturated rings. The molecule has 1 heterocycles. The number of hydrogen-bond acceptors (Lipinski definition) is 3. The SMILES string of the molecule is O=C(O)[C@@H]1CCCN1C(=O)c1cc(Cc2ccccc2)ccc1O. The van der Waals surface area contributed by atoms with E-state index in [2.05, 4.69) is 0 Å². The van der Waals surface area contributed by atoms with Crippen molar-refractivity contribution < 1.29 is 19.8 Å². The molecule has 124 valence electrons. The van der Waals surface area contributed by atoms with E-state index in [0.717, 1.165) is 11.1 Å². The van der Waals surface area contributed by atoms with Crippen molar-refractivity contribution in [2.45, 2.75) is 25.3 Å². The number of likely N-dealkylation sites (tertiary alicyclic amines) is 1. The largest absolute Gasteiger partial charge is 0.507 e. The summed E-state index contributed by atoms with van der Waals surface area (Å²) in [5.74, 6) is -1.54. The van der Waals surface area contributed by atoms with Crippen molar-refractivity contribution in [1.29, 1.82) is 0 Å². The van der Waals surface area contributed by atoms with Gasteiger partial charge in [0.25, 0.3) is 5.91 Å². The summed E-state index contributed by atoms with van der Waals surface area (Å²) in [4.78, 5) is 25.3. The number of benzene rings is 2. The third-order valence-corrected chi connectivity index (χ3v) is 4.34. The van der Waals surface area contributed by atoms with Crippen molar-refractivity contribution >= 4 is 11.9 Å². The molecule has 5 nitrogen and oxygen atoms in total. The monoisotopic (exact) mass is 325 g/mol. The van der Waals surface area contributed by atoms with E-state index in [-0.39, 0.29) is 11.3 Å². The molecular formula is C19H19NO4. The van der Waals surface area contributed by atoms with Crippen molar-refractivity contribution in [3.63, 3.8) is 0 Å². The van der Waals surface area contributed by atoms with Crippen LogP contribution in [0.3, 0.4) is 0 Å². The molecule has 1 amide bonds. The average molecular weight is 325 g/mol. The maximum absolute atomic E-state index is 12.7. The van der Waals surface area contributed by atoms with Crippen molar-refractivity contribution in [2.75, 3.05) is 6.54 Å². The second-order valence-electron chi connectivity index (χ2n) is 6.01. The molecule has 1 aliphatic rings. The summed E-state index contributed by atoms with van der Waals surface area (Å²) in [7, 11) is 0. The molecule has 2 N–H and O–H groups in total. The quantitative estimate of drug-likeness (QED) is 0.906. The normalized spacial score (nSPS) is 17.0. The van der Waals surface area contributed by atoms with Gasteiger partial charge in [-0.25, -0.2) is 4.79 Å². The van der Waals surface area contributed by atoms with Gasteiger partial charge < -0.3 is 15.1 Å². The van der Waals surface area contributed by atoms with Crippen molar-refractivity contribution in [3.05, 3.63) is 65.2 Å². The summed E-state index contributed by atoms with van der Waals surface area (Å²) in [6, 6.07) is 13.9. The van der Waals surface area contributed by atoms with Crippen LogP contribution in [0.15, 0.2) is 48.5 Å². The average Bonchev–Trinajstić information content (AvgIpc) is 3.07. The molecule has 0 aromatic heterocycles. The summed E-state index contributed by atoms with van der Waals surface area (Å²) in [5.41, 5.74) is 2.16. The molecule has 3 rings (SSSR count). The lowest BCUT2D eigenvalue weighted by molar-refractivity contribution is -0.141. The molecule has 0 saturated carbocycles. The smallest absolute Gasteiger partial charge is 0.326 e. The topological polar surface area (TPSA) is 77.8 Å². The van der Waals surface area contributed by atoms with Crippen LogP contribution < -0.4 is 0 Å². The van der Waals surface area contributed by atoms with E-state index in [1.165, 1.54) is 11.0 Å². The number of amides is 1. The van der Waals surface area contributed by atoms with Gasteiger partial charge in [0.2, 0.25) is 0 Å². The highest BCUT2D eigenvalue weighted by Gasteiger charge is 2.35. The number of nitrogens with zero attached hydrogens (tertiary/aromatic N) is 1. The lowest BCUT2D eigenvalue weighted by Gasteiger charge is -2.22. The number of carboxylic acid groups (broad SMARTS) is 1. The van der Waals surface area contributed by atoms with Crippen molar-refractivity contribution in [1.82, 2.24) is 4.90 Å². The van der Waals surface area contributed by atoms with Gasteiger partial charge in [0.1, 0.15) is 11.8 Å². The van der Waals surface area contributed by atoms with Gasteiger partial charge in [0, 0.05) is 6.54 Å². The Bertz CT molecular complexity index is 757. The standard InChI is InChI=1S/C19H19NO4/c21-17-9-8-14(11-13-5-2-1-3-6-13)12-15(17)18(22)20-10-4-7-16(20)19(23)24/h1-3,5-6,8-9,12,16,21H,4,7,10-11H2,(H,23,24)/t16-/m0/s1. The molecule has 0 aliphatic carbocycles. The summed E-state index contributed by atoms with van der Waals surface area (Å²) in [6.07, 6.45) is 1.75. The molecule has 0 unspecified atom stereocenters. The lowest BCUT2D eigenvalue weighted by Crippen LogP contribution is -2.40. The molecule has 2 aromatic carbocycles. The van der Waals surface area contributed by atoms with Crippen LogP contribution >= 0.6 is 0 Å². The number of phenolic OH excluding ortho intramolecular Hbond substituents is 1. The Balaban J connectivity index is 1.86. The maximum atomic E-state index is 12.7. The number of carboxylic acids is 1. The Hall–Kier alpha value is -2.82. The van der Waals surface area contributed by atoms with E-state index in [4.69, 9.17) is 0 Å². The molecule has 5 heteroatoms. The van der Waals surface area contributed by atoms with Gasteiger partial charge in [0.15, 0.2) is 0 Å². The second kappa shape index (κ2) is 6.74. The van der Waals surface area contributed by atoms with Crippen LogP contribution in [0, 0.1) is 0 Å². The van der Waals surface area contributed by atoms with Gasteiger partial charge in [-0.05, 0) is 42.5 Å².